The van der Waals surface area contributed by atoms with Gasteiger partial charge in [0.25, 0.3) is 0 Å². The molecule has 18 heavy (non-hydrogen) atoms. The summed E-state index contributed by atoms with van der Waals surface area (Å²) in [5.74, 6) is 1.18. The van der Waals surface area contributed by atoms with E-state index in [0.717, 1.165) is 22.5 Å². The molecule has 1 saturated carbocycles. The van der Waals surface area contributed by atoms with Crippen LogP contribution in [0.5, 0.6) is 5.88 Å². The molecule has 0 spiro atoms. The van der Waals surface area contributed by atoms with E-state index >= 15 is 0 Å². The number of fused-ring (bicyclic) bond motifs is 1. The predicted octanol–water partition coefficient (Wildman–Crippen LogP) is 2.59. The molecule has 2 heterocycles. The van der Waals surface area contributed by atoms with E-state index in [9.17, 15) is 0 Å². The highest BCUT2D eigenvalue weighted by Crippen LogP contribution is 2.32. The van der Waals surface area contributed by atoms with Crippen LogP contribution in [-0.2, 0) is 0 Å². The van der Waals surface area contributed by atoms with Crippen LogP contribution >= 0.6 is 11.3 Å². The Morgan fingerprint density at radius 3 is 3.11 bits per heavy atom. The summed E-state index contributed by atoms with van der Waals surface area (Å²) in [7, 11) is 0. The molecular formula is C13H17N3OS. The molecule has 1 aliphatic rings. The fourth-order valence-corrected chi connectivity index (χ4v) is 3.37. The summed E-state index contributed by atoms with van der Waals surface area (Å²) < 4.78 is 7.15. The van der Waals surface area contributed by atoms with Gasteiger partial charge in [0.2, 0.25) is 5.88 Å². The standard InChI is InChI=1S/C13H17N3OS/c14-7-9-3-1-2-4-11(9)17-13-12-10(5-6-18-12)15-8-16-13/h5-6,8-9,11H,1-4,7,14H2. The van der Waals surface area contributed by atoms with Crippen LogP contribution in [0.2, 0.25) is 0 Å². The first-order valence-corrected chi connectivity index (χ1v) is 7.31. The third-order valence-corrected chi connectivity index (χ3v) is 4.51. The summed E-state index contributed by atoms with van der Waals surface area (Å²) in [5.41, 5.74) is 6.79. The molecule has 3 rings (SSSR count). The maximum atomic E-state index is 6.11. The van der Waals surface area contributed by atoms with Crippen LogP contribution in [0.25, 0.3) is 10.2 Å². The normalized spacial score (nSPS) is 24.3. The van der Waals surface area contributed by atoms with Crippen molar-refractivity contribution in [3.05, 3.63) is 17.8 Å². The van der Waals surface area contributed by atoms with E-state index in [1.807, 2.05) is 11.4 Å². The van der Waals surface area contributed by atoms with Gasteiger partial charge in [-0.2, -0.15) is 0 Å². The fraction of sp³-hybridized carbons (Fsp3) is 0.538. The quantitative estimate of drug-likeness (QED) is 0.924. The molecule has 0 radical (unpaired) electrons. The Hall–Kier alpha value is -1.20. The third-order valence-electron chi connectivity index (χ3n) is 3.62. The minimum atomic E-state index is 0.212. The summed E-state index contributed by atoms with van der Waals surface area (Å²) >= 11 is 1.63. The molecule has 2 N–H and O–H groups in total. The highest BCUT2D eigenvalue weighted by Gasteiger charge is 2.26. The van der Waals surface area contributed by atoms with E-state index in [-0.39, 0.29) is 6.10 Å². The van der Waals surface area contributed by atoms with Gasteiger partial charge in [-0.05, 0) is 37.3 Å². The van der Waals surface area contributed by atoms with E-state index in [1.165, 1.54) is 19.3 Å². The largest absolute Gasteiger partial charge is 0.473 e. The molecule has 0 saturated heterocycles. The zero-order valence-electron chi connectivity index (χ0n) is 10.2. The summed E-state index contributed by atoms with van der Waals surface area (Å²) in [6, 6.07) is 2.00. The maximum absolute atomic E-state index is 6.11. The van der Waals surface area contributed by atoms with Crippen LogP contribution < -0.4 is 10.5 Å². The average Bonchev–Trinajstić information content (AvgIpc) is 2.89. The minimum absolute atomic E-state index is 0.212. The second-order valence-corrected chi connectivity index (χ2v) is 5.67. The summed E-state index contributed by atoms with van der Waals surface area (Å²) in [6.45, 7) is 0.698. The van der Waals surface area contributed by atoms with E-state index in [1.54, 1.807) is 17.7 Å². The van der Waals surface area contributed by atoms with Crippen LogP contribution in [0.3, 0.4) is 0 Å². The Bertz CT molecular complexity index is 528. The van der Waals surface area contributed by atoms with Crippen LogP contribution in [0.1, 0.15) is 25.7 Å². The molecule has 1 aliphatic carbocycles. The Kier molecular flexibility index (Phi) is 3.43. The summed E-state index contributed by atoms with van der Waals surface area (Å²) in [4.78, 5) is 8.51. The number of ether oxygens (including phenoxy) is 1. The Balaban J connectivity index is 1.84. The van der Waals surface area contributed by atoms with Gasteiger partial charge >= 0.3 is 0 Å². The number of nitrogens with two attached hydrogens (primary N) is 1. The molecular weight excluding hydrogens is 246 g/mol. The lowest BCUT2D eigenvalue weighted by Crippen LogP contribution is -2.35. The molecule has 96 valence electrons. The highest BCUT2D eigenvalue weighted by atomic mass is 32.1. The topological polar surface area (TPSA) is 61.0 Å². The monoisotopic (exact) mass is 263 g/mol. The van der Waals surface area contributed by atoms with Gasteiger partial charge in [0.15, 0.2) is 0 Å². The summed E-state index contributed by atoms with van der Waals surface area (Å²) in [5, 5.41) is 2.02. The zero-order chi connectivity index (χ0) is 12.4. The lowest BCUT2D eigenvalue weighted by Gasteiger charge is -2.30. The lowest BCUT2D eigenvalue weighted by molar-refractivity contribution is 0.0941. The van der Waals surface area contributed by atoms with E-state index < -0.39 is 0 Å². The Morgan fingerprint density at radius 2 is 2.22 bits per heavy atom. The molecule has 0 bridgehead atoms. The van der Waals surface area contributed by atoms with Crippen LogP contribution in [0, 0.1) is 5.92 Å². The molecule has 2 atom stereocenters. The SMILES string of the molecule is NCC1CCCCC1Oc1ncnc2ccsc12. The minimum Gasteiger partial charge on any atom is -0.473 e. The van der Waals surface area contributed by atoms with Crippen molar-refractivity contribution in [2.45, 2.75) is 31.8 Å². The van der Waals surface area contributed by atoms with Gasteiger partial charge in [-0.1, -0.05) is 6.42 Å². The predicted molar refractivity (Wildman–Crippen MR) is 72.8 cm³/mol. The van der Waals surface area contributed by atoms with Crippen molar-refractivity contribution in [3.63, 3.8) is 0 Å². The average molecular weight is 263 g/mol. The second-order valence-electron chi connectivity index (χ2n) is 4.75. The summed E-state index contributed by atoms with van der Waals surface area (Å²) in [6.07, 6.45) is 6.52. The molecule has 1 fully saturated rings. The van der Waals surface area contributed by atoms with Crippen molar-refractivity contribution in [3.8, 4) is 5.88 Å². The first kappa shape index (κ1) is 11.9. The molecule has 2 aromatic heterocycles. The van der Waals surface area contributed by atoms with Crippen LogP contribution in [-0.4, -0.2) is 22.6 Å². The van der Waals surface area contributed by atoms with Crippen LogP contribution in [0.4, 0.5) is 0 Å². The van der Waals surface area contributed by atoms with Gasteiger partial charge in [0, 0.05) is 5.92 Å². The van der Waals surface area contributed by atoms with Crippen molar-refractivity contribution < 1.29 is 4.74 Å². The smallest absolute Gasteiger partial charge is 0.235 e. The first-order chi connectivity index (χ1) is 8.88. The van der Waals surface area contributed by atoms with E-state index in [2.05, 4.69) is 9.97 Å². The van der Waals surface area contributed by atoms with E-state index in [4.69, 9.17) is 10.5 Å². The fourth-order valence-electron chi connectivity index (χ4n) is 2.59. The maximum Gasteiger partial charge on any atom is 0.235 e. The van der Waals surface area contributed by atoms with Gasteiger partial charge in [-0.25, -0.2) is 9.97 Å². The highest BCUT2D eigenvalue weighted by molar-refractivity contribution is 7.17. The lowest BCUT2D eigenvalue weighted by atomic mass is 9.86. The number of nitrogens with zero attached hydrogens (tertiary/aromatic N) is 2. The van der Waals surface area contributed by atoms with Crippen molar-refractivity contribution in [2.24, 2.45) is 11.7 Å². The van der Waals surface area contributed by atoms with E-state index in [0.29, 0.717) is 12.5 Å². The van der Waals surface area contributed by atoms with Crippen molar-refractivity contribution in [2.75, 3.05) is 6.54 Å². The van der Waals surface area contributed by atoms with Gasteiger partial charge in [-0.15, -0.1) is 11.3 Å². The number of aromatic nitrogens is 2. The second kappa shape index (κ2) is 5.20. The molecule has 5 heteroatoms. The zero-order valence-corrected chi connectivity index (χ0v) is 11.0. The third kappa shape index (κ3) is 2.20. The number of hydrogen-bond acceptors (Lipinski definition) is 5. The first-order valence-electron chi connectivity index (χ1n) is 6.43. The van der Waals surface area contributed by atoms with Gasteiger partial charge in [0.05, 0.1) is 5.52 Å². The number of thiophene rings is 1. The molecule has 0 aromatic carbocycles. The number of hydrogen-bond donors (Lipinski definition) is 1. The Labute approximate surface area is 110 Å². The molecule has 0 aliphatic heterocycles. The number of rotatable bonds is 3. The molecule has 4 nitrogen and oxygen atoms in total. The molecule has 2 aromatic rings. The van der Waals surface area contributed by atoms with Crippen molar-refractivity contribution in [1.29, 1.82) is 0 Å². The van der Waals surface area contributed by atoms with Crippen molar-refractivity contribution >= 4 is 21.6 Å². The molecule has 0 amide bonds. The van der Waals surface area contributed by atoms with Crippen molar-refractivity contribution in [1.82, 2.24) is 9.97 Å². The van der Waals surface area contributed by atoms with Gasteiger partial charge in [-0.3, -0.25) is 0 Å². The van der Waals surface area contributed by atoms with Gasteiger partial charge < -0.3 is 10.5 Å². The van der Waals surface area contributed by atoms with Crippen LogP contribution in [0.15, 0.2) is 17.8 Å². The molecule has 2 unspecified atom stereocenters. The Morgan fingerprint density at radius 1 is 1.33 bits per heavy atom. The van der Waals surface area contributed by atoms with Gasteiger partial charge in [0.1, 0.15) is 17.1 Å².